The van der Waals surface area contributed by atoms with E-state index < -0.39 is 11.7 Å². The third-order valence-corrected chi connectivity index (χ3v) is 3.84. The maximum Gasteiger partial charge on any atom is 0.416 e. The first-order chi connectivity index (χ1) is 9.97. The van der Waals surface area contributed by atoms with Gasteiger partial charge in [0.2, 0.25) is 0 Å². The minimum Gasteiger partial charge on any atom is -0.377 e. The molecule has 21 heavy (non-hydrogen) atoms. The topological polar surface area (TPSA) is 38.5 Å². The van der Waals surface area contributed by atoms with E-state index in [2.05, 4.69) is 0 Å². The largest absolute Gasteiger partial charge is 0.416 e. The van der Waals surface area contributed by atoms with Crippen LogP contribution in [0.4, 0.5) is 18.9 Å². The first-order valence-corrected chi connectivity index (χ1v) is 7.22. The van der Waals surface area contributed by atoms with Crippen LogP contribution in [0.3, 0.4) is 0 Å². The van der Waals surface area contributed by atoms with E-state index in [1.807, 2.05) is 11.8 Å². The summed E-state index contributed by atoms with van der Waals surface area (Å²) in [6.45, 7) is 3.94. The fourth-order valence-corrected chi connectivity index (χ4v) is 2.71. The lowest BCUT2D eigenvalue weighted by molar-refractivity contribution is -0.138. The third kappa shape index (κ3) is 3.68. The minimum atomic E-state index is -4.35. The van der Waals surface area contributed by atoms with E-state index in [1.165, 1.54) is 6.07 Å². The second kappa shape index (κ2) is 6.66. The van der Waals surface area contributed by atoms with Crippen molar-refractivity contribution in [3.63, 3.8) is 0 Å². The summed E-state index contributed by atoms with van der Waals surface area (Å²) in [4.78, 5) is 2.00. The lowest BCUT2D eigenvalue weighted by Gasteiger charge is -2.37. The Hall–Kier alpha value is -1.27. The summed E-state index contributed by atoms with van der Waals surface area (Å²) in [5.41, 5.74) is 5.69. The summed E-state index contributed by atoms with van der Waals surface area (Å²) in [5, 5.41) is 0. The van der Waals surface area contributed by atoms with Crippen LogP contribution in [-0.2, 0) is 17.3 Å². The fourth-order valence-electron chi connectivity index (χ4n) is 2.71. The van der Waals surface area contributed by atoms with Crippen molar-refractivity contribution in [3.05, 3.63) is 29.3 Å². The van der Waals surface area contributed by atoms with Gasteiger partial charge in [-0.1, -0.05) is 13.0 Å². The highest BCUT2D eigenvalue weighted by Crippen LogP contribution is 2.35. The van der Waals surface area contributed by atoms with E-state index in [1.54, 1.807) is 12.1 Å². The summed E-state index contributed by atoms with van der Waals surface area (Å²) >= 11 is 0. The Labute approximate surface area is 122 Å². The molecule has 1 fully saturated rings. The lowest BCUT2D eigenvalue weighted by atomic mass is 10.0. The van der Waals surface area contributed by atoms with Gasteiger partial charge in [-0.2, -0.15) is 13.2 Å². The average Bonchev–Trinajstić information content (AvgIpc) is 2.47. The van der Waals surface area contributed by atoms with Gasteiger partial charge in [0.15, 0.2) is 0 Å². The number of nitrogens with two attached hydrogens (primary N) is 1. The molecule has 1 saturated heterocycles. The lowest BCUT2D eigenvalue weighted by Crippen LogP contribution is -2.45. The predicted molar refractivity (Wildman–Crippen MR) is 76.4 cm³/mol. The van der Waals surface area contributed by atoms with Crippen molar-refractivity contribution in [2.75, 3.05) is 31.2 Å². The zero-order chi connectivity index (χ0) is 15.5. The number of alkyl halides is 3. The van der Waals surface area contributed by atoms with Gasteiger partial charge in [-0.15, -0.1) is 0 Å². The monoisotopic (exact) mass is 302 g/mol. The molecule has 3 nitrogen and oxygen atoms in total. The molecular formula is C15H21F3N2O. The molecule has 1 aromatic carbocycles. The molecule has 0 saturated carbocycles. The number of morpholine rings is 1. The second-order valence-corrected chi connectivity index (χ2v) is 5.21. The molecule has 2 N–H and O–H groups in total. The van der Waals surface area contributed by atoms with Crippen LogP contribution in [0.25, 0.3) is 0 Å². The van der Waals surface area contributed by atoms with E-state index in [0.717, 1.165) is 6.42 Å². The van der Waals surface area contributed by atoms with Gasteiger partial charge in [0.25, 0.3) is 0 Å². The molecule has 2 rings (SSSR count). The Kier molecular flexibility index (Phi) is 5.11. The van der Waals surface area contributed by atoms with Crippen molar-refractivity contribution >= 4 is 5.69 Å². The molecule has 0 aliphatic carbocycles. The maximum absolute atomic E-state index is 13.2. The predicted octanol–water partition coefficient (Wildman–Crippen LogP) is 2.82. The normalized spacial score (nSPS) is 19.9. The standard InChI is InChI=1S/C15H21F3N2O/c1-2-12-10-21-8-7-20(12)13-4-3-11(5-6-19)14(9-13)15(16,17)18/h3-4,9,12H,2,5-8,10,19H2,1H3. The number of rotatable bonds is 4. The van der Waals surface area contributed by atoms with E-state index >= 15 is 0 Å². The fraction of sp³-hybridized carbons (Fsp3) is 0.600. The van der Waals surface area contributed by atoms with Crippen molar-refractivity contribution in [1.82, 2.24) is 0 Å². The first-order valence-electron chi connectivity index (χ1n) is 7.22. The molecule has 1 aromatic rings. The molecule has 0 radical (unpaired) electrons. The SMILES string of the molecule is CCC1COCCN1c1ccc(CCN)c(C(F)(F)F)c1. The molecule has 0 aromatic heterocycles. The Morgan fingerprint density at radius 3 is 2.76 bits per heavy atom. The number of benzene rings is 1. The number of halogens is 3. The van der Waals surface area contributed by atoms with Gasteiger partial charge < -0.3 is 15.4 Å². The summed E-state index contributed by atoms with van der Waals surface area (Å²) < 4.78 is 45.0. The van der Waals surface area contributed by atoms with Crippen LogP contribution in [0.5, 0.6) is 0 Å². The molecule has 118 valence electrons. The van der Waals surface area contributed by atoms with Crippen molar-refractivity contribution < 1.29 is 17.9 Å². The molecule has 6 heteroatoms. The van der Waals surface area contributed by atoms with Crippen LogP contribution < -0.4 is 10.6 Å². The van der Waals surface area contributed by atoms with Gasteiger partial charge in [0.05, 0.1) is 24.8 Å². The van der Waals surface area contributed by atoms with Crippen molar-refractivity contribution in [2.24, 2.45) is 5.73 Å². The van der Waals surface area contributed by atoms with Gasteiger partial charge in [-0.05, 0) is 37.1 Å². The Morgan fingerprint density at radius 1 is 1.38 bits per heavy atom. The first kappa shape index (κ1) is 16.1. The summed E-state index contributed by atoms with van der Waals surface area (Å²) in [7, 11) is 0. The van der Waals surface area contributed by atoms with Crippen LogP contribution in [0.2, 0.25) is 0 Å². The molecular weight excluding hydrogens is 281 g/mol. The van der Waals surface area contributed by atoms with Crippen LogP contribution in [-0.4, -0.2) is 32.3 Å². The summed E-state index contributed by atoms with van der Waals surface area (Å²) in [6, 6.07) is 4.68. The molecule has 1 atom stereocenters. The second-order valence-electron chi connectivity index (χ2n) is 5.21. The number of ether oxygens (including phenoxy) is 1. The van der Waals surface area contributed by atoms with E-state index in [0.29, 0.717) is 25.4 Å². The molecule has 1 heterocycles. The van der Waals surface area contributed by atoms with Gasteiger partial charge in [0.1, 0.15) is 0 Å². The van der Waals surface area contributed by atoms with Crippen LogP contribution in [0, 0.1) is 0 Å². The number of hydrogen-bond acceptors (Lipinski definition) is 3. The maximum atomic E-state index is 13.2. The molecule has 1 aliphatic heterocycles. The number of nitrogens with zero attached hydrogens (tertiary/aromatic N) is 1. The number of anilines is 1. The molecule has 1 aliphatic rings. The highest BCUT2D eigenvalue weighted by atomic mass is 19.4. The Morgan fingerprint density at radius 2 is 2.14 bits per heavy atom. The average molecular weight is 302 g/mol. The van der Waals surface area contributed by atoms with E-state index in [9.17, 15) is 13.2 Å². The number of hydrogen-bond donors (Lipinski definition) is 1. The highest BCUT2D eigenvalue weighted by molar-refractivity contribution is 5.53. The summed E-state index contributed by atoms with van der Waals surface area (Å²) in [5.74, 6) is 0. The van der Waals surface area contributed by atoms with Crippen molar-refractivity contribution in [3.8, 4) is 0 Å². The zero-order valence-corrected chi connectivity index (χ0v) is 12.1. The smallest absolute Gasteiger partial charge is 0.377 e. The van der Waals surface area contributed by atoms with Crippen molar-refractivity contribution in [1.29, 1.82) is 0 Å². The quantitative estimate of drug-likeness (QED) is 0.929. The van der Waals surface area contributed by atoms with Gasteiger partial charge in [-0.25, -0.2) is 0 Å². The van der Waals surface area contributed by atoms with E-state index in [-0.39, 0.29) is 24.6 Å². The molecule has 1 unspecified atom stereocenters. The van der Waals surface area contributed by atoms with Gasteiger partial charge >= 0.3 is 6.18 Å². The molecule has 0 amide bonds. The van der Waals surface area contributed by atoms with Gasteiger partial charge in [0, 0.05) is 12.2 Å². The third-order valence-electron chi connectivity index (χ3n) is 3.84. The van der Waals surface area contributed by atoms with Crippen LogP contribution in [0.1, 0.15) is 24.5 Å². The van der Waals surface area contributed by atoms with Crippen LogP contribution in [0.15, 0.2) is 18.2 Å². The Balaban J connectivity index is 2.36. The zero-order valence-electron chi connectivity index (χ0n) is 12.1. The molecule has 0 spiro atoms. The Bertz CT molecular complexity index is 476. The van der Waals surface area contributed by atoms with Crippen molar-refractivity contribution in [2.45, 2.75) is 32.0 Å². The van der Waals surface area contributed by atoms with Crippen LogP contribution >= 0.6 is 0 Å². The van der Waals surface area contributed by atoms with E-state index in [4.69, 9.17) is 10.5 Å². The highest BCUT2D eigenvalue weighted by Gasteiger charge is 2.34. The molecule has 0 bridgehead atoms. The van der Waals surface area contributed by atoms with Gasteiger partial charge in [-0.3, -0.25) is 0 Å². The summed E-state index contributed by atoms with van der Waals surface area (Å²) in [6.07, 6.45) is -3.28. The minimum absolute atomic E-state index is 0.125.